The fourth-order valence-corrected chi connectivity index (χ4v) is 5.49. The highest BCUT2D eigenvalue weighted by Gasteiger charge is 2.38. The first-order chi connectivity index (χ1) is 15.9. The van der Waals surface area contributed by atoms with Gasteiger partial charge in [0.15, 0.2) is 10.9 Å². The lowest BCUT2D eigenvalue weighted by atomic mass is 9.76. The van der Waals surface area contributed by atoms with Gasteiger partial charge in [0.25, 0.3) is 5.56 Å². The summed E-state index contributed by atoms with van der Waals surface area (Å²) in [4.78, 5) is 33.9. The Morgan fingerprint density at radius 2 is 1.85 bits per heavy atom. The number of fused-ring (bicyclic) bond motifs is 1. The van der Waals surface area contributed by atoms with Crippen molar-refractivity contribution in [3.05, 3.63) is 96.4 Å². The lowest BCUT2D eigenvalue weighted by Gasteiger charge is -2.32. The molecule has 5 nitrogen and oxygen atoms in total. The molecule has 1 aliphatic heterocycles. The number of hydrogen-bond donors (Lipinski definition) is 2. The van der Waals surface area contributed by atoms with E-state index in [1.54, 1.807) is 12.1 Å². The van der Waals surface area contributed by atoms with Gasteiger partial charge in [0.1, 0.15) is 5.82 Å². The highest BCUT2D eigenvalue weighted by atomic mass is 35.5. The number of Topliss-reactive ketones (excluding diaryl/α,β-unsaturated/α-hetero) is 1. The second-order valence-electron chi connectivity index (χ2n) is 8.31. The molecule has 3 aromatic rings. The number of anilines is 1. The Morgan fingerprint density at radius 3 is 2.61 bits per heavy atom. The van der Waals surface area contributed by atoms with E-state index in [2.05, 4.69) is 34.6 Å². The second kappa shape index (κ2) is 9.01. The van der Waals surface area contributed by atoms with Crippen molar-refractivity contribution in [3.63, 3.8) is 0 Å². The lowest BCUT2D eigenvalue weighted by molar-refractivity contribution is -0.116. The molecule has 2 aliphatic rings. The zero-order chi connectivity index (χ0) is 23.1. The number of aromatic amines is 1. The van der Waals surface area contributed by atoms with Crippen LogP contribution in [-0.2, 0) is 10.5 Å². The number of rotatable bonds is 4. The van der Waals surface area contributed by atoms with Crippen LogP contribution in [0.15, 0.2) is 63.7 Å². The number of benzene rings is 2. The first-order valence-electron chi connectivity index (χ1n) is 10.7. The maximum absolute atomic E-state index is 13.3. The molecule has 0 amide bonds. The van der Waals surface area contributed by atoms with Gasteiger partial charge < -0.3 is 10.3 Å². The number of allylic oxidation sites excluding steroid dienone is 2. The number of H-pyrrole nitrogens is 1. The van der Waals surface area contributed by atoms with E-state index in [4.69, 9.17) is 28.2 Å². The van der Waals surface area contributed by atoms with Crippen molar-refractivity contribution in [1.82, 2.24) is 9.97 Å². The Hall–Kier alpha value is -2.54. The molecule has 0 bridgehead atoms. The number of hydrogen-bond acceptors (Lipinski definition) is 5. The molecule has 8 heteroatoms. The monoisotopic (exact) mass is 497 g/mol. The molecule has 0 saturated heterocycles. The number of ketones is 1. The van der Waals surface area contributed by atoms with Crippen molar-refractivity contribution in [2.24, 2.45) is 0 Å². The molecule has 0 fully saturated rings. The predicted octanol–water partition coefficient (Wildman–Crippen LogP) is 6.24. The Bertz CT molecular complexity index is 1350. The van der Waals surface area contributed by atoms with Crippen LogP contribution >= 0.6 is 35.0 Å². The topological polar surface area (TPSA) is 74.8 Å². The van der Waals surface area contributed by atoms with Crippen LogP contribution in [0.25, 0.3) is 0 Å². The van der Waals surface area contributed by atoms with Gasteiger partial charge in [0, 0.05) is 29.4 Å². The molecule has 1 aliphatic carbocycles. The molecule has 0 saturated carbocycles. The largest absolute Gasteiger partial charge is 0.343 e. The first kappa shape index (κ1) is 22.3. The number of nitrogens with zero attached hydrogens (tertiary/aromatic N) is 1. The number of nitrogens with one attached hydrogen (secondary N) is 2. The highest BCUT2D eigenvalue weighted by Crippen LogP contribution is 2.44. The molecule has 2 heterocycles. The molecule has 2 aromatic carbocycles. The summed E-state index contributed by atoms with van der Waals surface area (Å²) in [5, 5.41) is 4.64. The average Bonchev–Trinajstić information content (AvgIpc) is 2.79. The van der Waals surface area contributed by atoms with Crippen molar-refractivity contribution in [3.8, 4) is 0 Å². The van der Waals surface area contributed by atoms with Crippen LogP contribution in [0, 0.1) is 6.92 Å². The summed E-state index contributed by atoms with van der Waals surface area (Å²) < 4.78 is 0. The zero-order valence-electron chi connectivity index (χ0n) is 17.9. The van der Waals surface area contributed by atoms with Gasteiger partial charge in [-0.05, 0) is 43.0 Å². The number of aryl methyl sites for hydroxylation is 1. The number of aromatic nitrogens is 2. The van der Waals surface area contributed by atoms with Gasteiger partial charge >= 0.3 is 0 Å². The van der Waals surface area contributed by atoms with E-state index in [9.17, 15) is 9.59 Å². The molecule has 1 unspecified atom stereocenters. The standard InChI is InChI=1S/C25H21Cl2N3O2S/c1-13-5-7-14(8-6-13)12-33-25-29-23-22(24(32)30-25)20(15-9-10-16(26)17(27)11-15)21-18(28-23)3-2-4-19(21)31/h5-11,20H,2-4,12H2,1H3,(H2,28,29,30,32). The number of carbonyl (C=O) groups excluding carboxylic acids is 1. The zero-order valence-corrected chi connectivity index (χ0v) is 20.2. The summed E-state index contributed by atoms with van der Waals surface area (Å²) in [5.41, 5.74) is 4.73. The summed E-state index contributed by atoms with van der Waals surface area (Å²) in [7, 11) is 0. The van der Waals surface area contributed by atoms with E-state index in [-0.39, 0.29) is 11.3 Å². The predicted molar refractivity (Wildman–Crippen MR) is 133 cm³/mol. The molecule has 33 heavy (non-hydrogen) atoms. The molecule has 1 aromatic heterocycles. The maximum atomic E-state index is 13.3. The van der Waals surface area contributed by atoms with Crippen molar-refractivity contribution in [1.29, 1.82) is 0 Å². The SMILES string of the molecule is Cc1ccc(CSc2nc3c(c(=O)[nH]2)C(c2ccc(Cl)c(Cl)c2)C2=C(CCCC2=O)N3)cc1. The van der Waals surface area contributed by atoms with Crippen molar-refractivity contribution >= 4 is 46.6 Å². The fourth-order valence-electron chi connectivity index (χ4n) is 4.37. The van der Waals surface area contributed by atoms with Gasteiger partial charge in [-0.2, -0.15) is 0 Å². The van der Waals surface area contributed by atoms with Gasteiger partial charge in [-0.3, -0.25) is 9.59 Å². The second-order valence-corrected chi connectivity index (χ2v) is 10.1. The van der Waals surface area contributed by atoms with Crippen LogP contribution in [0.4, 0.5) is 5.82 Å². The third-order valence-electron chi connectivity index (χ3n) is 6.01. The number of halogens is 2. The Balaban J connectivity index is 1.56. The summed E-state index contributed by atoms with van der Waals surface area (Å²) in [6.07, 6.45) is 1.97. The maximum Gasteiger partial charge on any atom is 0.257 e. The van der Waals surface area contributed by atoms with E-state index >= 15 is 0 Å². The Labute approximate surface area is 205 Å². The molecular formula is C25H21Cl2N3O2S. The minimum Gasteiger partial charge on any atom is -0.343 e. The minimum atomic E-state index is -0.536. The molecular weight excluding hydrogens is 477 g/mol. The number of carbonyl (C=O) groups is 1. The van der Waals surface area contributed by atoms with Gasteiger partial charge in [0.05, 0.1) is 15.6 Å². The number of thioether (sulfide) groups is 1. The molecule has 168 valence electrons. The summed E-state index contributed by atoms with van der Waals surface area (Å²) in [5.74, 6) is 0.689. The Kier molecular flexibility index (Phi) is 6.08. The third kappa shape index (κ3) is 4.35. The van der Waals surface area contributed by atoms with E-state index in [0.717, 1.165) is 29.7 Å². The summed E-state index contributed by atoms with van der Waals surface area (Å²) in [6, 6.07) is 13.5. The average molecular weight is 498 g/mol. The lowest BCUT2D eigenvalue weighted by Crippen LogP contribution is -2.32. The molecule has 0 radical (unpaired) electrons. The van der Waals surface area contributed by atoms with Gasteiger partial charge in [-0.15, -0.1) is 0 Å². The van der Waals surface area contributed by atoms with E-state index in [1.807, 2.05) is 13.0 Å². The Morgan fingerprint density at radius 1 is 1.06 bits per heavy atom. The van der Waals surface area contributed by atoms with Crippen molar-refractivity contribution in [2.45, 2.75) is 43.0 Å². The van der Waals surface area contributed by atoms with E-state index < -0.39 is 5.92 Å². The molecule has 2 N–H and O–H groups in total. The fraction of sp³-hybridized carbons (Fsp3) is 0.240. The molecule has 5 rings (SSSR count). The van der Waals surface area contributed by atoms with Gasteiger partial charge in [0.2, 0.25) is 0 Å². The highest BCUT2D eigenvalue weighted by molar-refractivity contribution is 7.98. The normalized spacial score (nSPS) is 17.4. The molecule has 0 spiro atoms. The van der Waals surface area contributed by atoms with Gasteiger partial charge in [-0.25, -0.2) is 4.98 Å². The van der Waals surface area contributed by atoms with Crippen LogP contribution in [0.1, 0.15) is 47.4 Å². The first-order valence-corrected chi connectivity index (χ1v) is 12.5. The van der Waals surface area contributed by atoms with Crippen LogP contribution in [0.5, 0.6) is 0 Å². The van der Waals surface area contributed by atoms with Crippen LogP contribution in [0.2, 0.25) is 10.0 Å². The van der Waals surface area contributed by atoms with Crippen LogP contribution in [-0.4, -0.2) is 15.8 Å². The van der Waals surface area contributed by atoms with Crippen molar-refractivity contribution < 1.29 is 4.79 Å². The van der Waals surface area contributed by atoms with Crippen LogP contribution < -0.4 is 10.9 Å². The van der Waals surface area contributed by atoms with E-state index in [1.165, 1.54) is 17.3 Å². The smallest absolute Gasteiger partial charge is 0.257 e. The van der Waals surface area contributed by atoms with Gasteiger partial charge in [-0.1, -0.05) is 70.9 Å². The third-order valence-corrected chi connectivity index (χ3v) is 7.69. The summed E-state index contributed by atoms with van der Waals surface area (Å²) in [6.45, 7) is 2.05. The molecule has 1 atom stereocenters. The van der Waals surface area contributed by atoms with Crippen LogP contribution in [0.3, 0.4) is 0 Å². The quantitative estimate of drug-likeness (QED) is 0.329. The summed E-state index contributed by atoms with van der Waals surface area (Å²) >= 11 is 13.9. The van der Waals surface area contributed by atoms with Crippen molar-refractivity contribution in [2.75, 3.05) is 5.32 Å². The minimum absolute atomic E-state index is 0.0442. The van der Waals surface area contributed by atoms with E-state index in [0.29, 0.717) is 44.3 Å².